The molecular weight excluding hydrogens is 226 g/mol. The van der Waals surface area contributed by atoms with Gasteiger partial charge in [0.05, 0.1) is 11.9 Å². The molecule has 2 N–H and O–H groups in total. The van der Waals surface area contributed by atoms with Gasteiger partial charge in [0.2, 0.25) is 0 Å². The van der Waals surface area contributed by atoms with Crippen LogP contribution in [-0.2, 0) is 0 Å². The molecule has 2 heterocycles. The lowest BCUT2D eigenvalue weighted by atomic mass is 10.3. The summed E-state index contributed by atoms with van der Waals surface area (Å²) in [5, 5.41) is 20.1. The standard InChI is InChI=1S/C9H9N5O3/c1-4-7(15)11-9(13-12-4)14-5(2)6(3-10-14)8(16)17/h3H,1-2H3,(H,16,17)(H,11,13,15). The van der Waals surface area contributed by atoms with E-state index >= 15 is 0 Å². The van der Waals surface area contributed by atoms with Crippen LogP contribution in [0.1, 0.15) is 21.7 Å². The van der Waals surface area contributed by atoms with E-state index in [0.717, 1.165) is 0 Å². The topological polar surface area (TPSA) is 114 Å². The van der Waals surface area contributed by atoms with E-state index < -0.39 is 5.97 Å². The van der Waals surface area contributed by atoms with Gasteiger partial charge >= 0.3 is 5.97 Å². The zero-order valence-electron chi connectivity index (χ0n) is 9.13. The van der Waals surface area contributed by atoms with Gasteiger partial charge < -0.3 is 5.11 Å². The molecule has 2 aromatic rings. The van der Waals surface area contributed by atoms with Crippen LogP contribution in [0.4, 0.5) is 0 Å². The van der Waals surface area contributed by atoms with Crippen LogP contribution in [0.2, 0.25) is 0 Å². The zero-order valence-corrected chi connectivity index (χ0v) is 9.13. The van der Waals surface area contributed by atoms with E-state index in [-0.39, 0.29) is 22.8 Å². The summed E-state index contributed by atoms with van der Waals surface area (Å²) in [6, 6.07) is 0. The molecule has 2 aromatic heterocycles. The van der Waals surface area contributed by atoms with Crippen LogP contribution in [0, 0.1) is 13.8 Å². The van der Waals surface area contributed by atoms with E-state index in [1.807, 2.05) is 0 Å². The number of carboxylic acid groups (broad SMARTS) is 1. The number of carboxylic acids is 1. The van der Waals surface area contributed by atoms with Crippen molar-refractivity contribution < 1.29 is 9.90 Å². The van der Waals surface area contributed by atoms with E-state index in [2.05, 4.69) is 20.3 Å². The van der Waals surface area contributed by atoms with Crippen molar-refractivity contribution in [1.82, 2.24) is 25.0 Å². The second-order valence-corrected chi connectivity index (χ2v) is 3.42. The maximum Gasteiger partial charge on any atom is 0.339 e. The molecule has 0 fully saturated rings. The number of aromatic carboxylic acids is 1. The Balaban J connectivity index is 2.57. The lowest BCUT2D eigenvalue weighted by molar-refractivity contribution is 0.0696. The van der Waals surface area contributed by atoms with Crippen LogP contribution in [-0.4, -0.2) is 36.0 Å². The second-order valence-electron chi connectivity index (χ2n) is 3.42. The van der Waals surface area contributed by atoms with Gasteiger partial charge in [-0.25, -0.2) is 9.48 Å². The molecule has 0 aliphatic heterocycles. The quantitative estimate of drug-likeness (QED) is 0.736. The predicted octanol–water partition coefficient (Wildman–Crippen LogP) is -0.334. The first-order chi connectivity index (χ1) is 8.00. The highest BCUT2D eigenvalue weighted by Crippen LogP contribution is 2.09. The SMILES string of the molecule is Cc1nnc(-n2ncc(C(=O)O)c2C)[nH]c1=O. The van der Waals surface area contributed by atoms with Crippen molar-refractivity contribution in [3.05, 3.63) is 33.5 Å². The van der Waals surface area contributed by atoms with Gasteiger partial charge in [-0.1, -0.05) is 0 Å². The van der Waals surface area contributed by atoms with Gasteiger partial charge in [0.15, 0.2) is 0 Å². The van der Waals surface area contributed by atoms with Crippen LogP contribution in [0.3, 0.4) is 0 Å². The van der Waals surface area contributed by atoms with Crippen LogP contribution in [0.15, 0.2) is 11.0 Å². The Morgan fingerprint density at radius 3 is 2.65 bits per heavy atom. The number of rotatable bonds is 2. The monoisotopic (exact) mass is 235 g/mol. The van der Waals surface area contributed by atoms with Crippen molar-refractivity contribution in [2.45, 2.75) is 13.8 Å². The molecule has 8 nitrogen and oxygen atoms in total. The first-order valence-corrected chi connectivity index (χ1v) is 4.72. The van der Waals surface area contributed by atoms with Gasteiger partial charge in [-0.15, -0.1) is 10.2 Å². The van der Waals surface area contributed by atoms with E-state index in [1.165, 1.54) is 17.8 Å². The molecule has 0 unspecified atom stereocenters. The van der Waals surface area contributed by atoms with E-state index in [1.54, 1.807) is 6.92 Å². The third kappa shape index (κ3) is 1.80. The third-order valence-electron chi connectivity index (χ3n) is 2.29. The summed E-state index contributed by atoms with van der Waals surface area (Å²) in [7, 11) is 0. The van der Waals surface area contributed by atoms with Gasteiger partial charge in [-0.3, -0.25) is 9.78 Å². The lowest BCUT2D eigenvalue weighted by Gasteiger charge is -2.02. The highest BCUT2D eigenvalue weighted by atomic mass is 16.4. The maximum absolute atomic E-state index is 11.3. The molecule has 0 aliphatic rings. The minimum absolute atomic E-state index is 0.0493. The van der Waals surface area contributed by atoms with E-state index in [0.29, 0.717) is 5.69 Å². The van der Waals surface area contributed by atoms with E-state index in [4.69, 9.17) is 5.11 Å². The minimum atomic E-state index is -1.09. The number of nitrogens with one attached hydrogen (secondary N) is 1. The highest BCUT2D eigenvalue weighted by molar-refractivity contribution is 5.88. The third-order valence-corrected chi connectivity index (χ3v) is 2.29. The average Bonchev–Trinajstić information content (AvgIpc) is 2.64. The first-order valence-electron chi connectivity index (χ1n) is 4.72. The van der Waals surface area contributed by atoms with Crippen molar-refractivity contribution in [2.24, 2.45) is 0 Å². The number of H-pyrrole nitrogens is 1. The molecule has 88 valence electrons. The largest absolute Gasteiger partial charge is 0.478 e. The molecule has 8 heteroatoms. The Morgan fingerprint density at radius 2 is 2.12 bits per heavy atom. The van der Waals surface area contributed by atoms with Crippen LogP contribution < -0.4 is 5.56 Å². The van der Waals surface area contributed by atoms with Crippen molar-refractivity contribution in [3.63, 3.8) is 0 Å². The fraction of sp³-hybridized carbons (Fsp3) is 0.222. The smallest absolute Gasteiger partial charge is 0.339 e. The molecular formula is C9H9N5O3. The van der Waals surface area contributed by atoms with Crippen molar-refractivity contribution in [1.29, 1.82) is 0 Å². The zero-order chi connectivity index (χ0) is 12.6. The number of aryl methyl sites for hydroxylation is 1. The Morgan fingerprint density at radius 1 is 1.41 bits per heavy atom. The summed E-state index contributed by atoms with van der Waals surface area (Å²) in [6.07, 6.45) is 1.19. The molecule has 0 spiro atoms. The highest BCUT2D eigenvalue weighted by Gasteiger charge is 2.15. The average molecular weight is 235 g/mol. The minimum Gasteiger partial charge on any atom is -0.478 e. The van der Waals surface area contributed by atoms with Gasteiger partial charge in [0.25, 0.3) is 11.5 Å². The molecule has 17 heavy (non-hydrogen) atoms. The molecule has 0 amide bonds. The number of aromatic nitrogens is 5. The van der Waals surface area contributed by atoms with Gasteiger partial charge in [0, 0.05) is 0 Å². The van der Waals surface area contributed by atoms with Crippen LogP contribution in [0.25, 0.3) is 5.95 Å². The Labute approximate surface area is 94.9 Å². The summed E-state index contributed by atoms with van der Waals surface area (Å²) in [6.45, 7) is 3.09. The second kappa shape index (κ2) is 3.81. The van der Waals surface area contributed by atoms with Gasteiger partial charge in [-0.05, 0) is 13.8 Å². The number of carbonyl (C=O) groups is 1. The normalized spacial score (nSPS) is 10.5. The summed E-state index contributed by atoms with van der Waals surface area (Å²) >= 11 is 0. The molecule has 0 bridgehead atoms. The Bertz CT molecular complexity index is 642. The number of hydrogen-bond donors (Lipinski definition) is 2. The summed E-state index contributed by atoms with van der Waals surface area (Å²) in [5.41, 5.74) is 0.262. The summed E-state index contributed by atoms with van der Waals surface area (Å²) in [4.78, 5) is 24.6. The summed E-state index contributed by atoms with van der Waals surface area (Å²) in [5.74, 6) is -0.998. The molecule has 0 aliphatic carbocycles. The molecule has 0 saturated heterocycles. The maximum atomic E-state index is 11.3. The molecule has 2 rings (SSSR count). The van der Waals surface area contributed by atoms with Gasteiger partial charge in [0.1, 0.15) is 11.3 Å². The molecule has 0 aromatic carbocycles. The number of nitrogens with zero attached hydrogens (tertiary/aromatic N) is 4. The van der Waals surface area contributed by atoms with E-state index in [9.17, 15) is 9.59 Å². The van der Waals surface area contributed by atoms with Crippen molar-refractivity contribution in [3.8, 4) is 5.95 Å². The molecule has 0 saturated carbocycles. The van der Waals surface area contributed by atoms with Gasteiger partial charge in [-0.2, -0.15) is 5.10 Å². The van der Waals surface area contributed by atoms with Crippen LogP contribution >= 0.6 is 0 Å². The Hall–Kier alpha value is -2.51. The molecule has 0 radical (unpaired) electrons. The lowest BCUT2D eigenvalue weighted by Crippen LogP contribution is -2.18. The number of hydrogen-bond acceptors (Lipinski definition) is 5. The molecule has 0 atom stereocenters. The fourth-order valence-corrected chi connectivity index (χ4v) is 1.31. The van der Waals surface area contributed by atoms with Crippen molar-refractivity contribution >= 4 is 5.97 Å². The Kier molecular flexibility index (Phi) is 2.47. The number of aromatic amines is 1. The fourth-order valence-electron chi connectivity index (χ4n) is 1.31. The van der Waals surface area contributed by atoms with Crippen LogP contribution in [0.5, 0.6) is 0 Å². The first kappa shape index (κ1) is 11.0. The van der Waals surface area contributed by atoms with Crippen molar-refractivity contribution in [2.75, 3.05) is 0 Å². The summed E-state index contributed by atoms with van der Waals surface area (Å²) < 4.78 is 1.22. The predicted molar refractivity (Wildman–Crippen MR) is 56.2 cm³/mol.